The van der Waals surface area contributed by atoms with Gasteiger partial charge in [0, 0.05) is 31.7 Å². The maximum Gasteiger partial charge on any atom is 0.343 e. The fourth-order valence-electron chi connectivity index (χ4n) is 3.41. The minimum absolute atomic E-state index is 0.0359. The molecule has 0 unspecified atom stereocenters. The van der Waals surface area contributed by atoms with Crippen LogP contribution < -0.4 is 10.6 Å². The van der Waals surface area contributed by atoms with E-state index in [-0.39, 0.29) is 36.6 Å². The number of rotatable bonds is 7. The number of nitrogens with one attached hydrogen (secondary N) is 2. The fraction of sp³-hybridized carbons (Fsp3) is 0.500. The summed E-state index contributed by atoms with van der Waals surface area (Å²) in [4.78, 5) is 38.8. The van der Waals surface area contributed by atoms with E-state index in [1.807, 2.05) is 11.8 Å². The Kier molecular flexibility index (Phi) is 6.88. The van der Waals surface area contributed by atoms with Gasteiger partial charge >= 0.3 is 5.97 Å². The highest BCUT2D eigenvalue weighted by Crippen LogP contribution is 2.17. The molecule has 0 atom stereocenters. The Balaban J connectivity index is 1.48. The van der Waals surface area contributed by atoms with Crippen molar-refractivity contribution in [2.75, 3.05) is 31.6 Å². The maximum absolute atomic E-state index is 12.5. The second kappa shape index (κ2) is 9.57. The number of furan rings is 1. The number of anilines is 1. The van der Waals surface area contributed by atoms with Crippen LogP contribution in [0, 0.1) is 6.92 Å². The fourth-order valence-corrected chi connectivity index (χ4v) is 3.41. The largest absolute Gasteiger partial charge is 0.462 e. The Bertz CT molecular complexity index is 911. The van der Waals surface area contributed by atoms with Crippen LogP contribution in [0.25, 0.3) is 0 Å². The van der Waals surface area contributed by atoms with Crippen molar-refractivity contribution in [3.63, 3.8) is 0 Å². The van der Waals surface area contributed by atoms with Gasteiger partial charge in [0.2, 0.25) is 5.91 Å². The summed E-state index contributed by atoms with van der Waals surface area (Å²) in [6.07, 6.45) is 4.35. The molecule has 162 valence electrons. The Morgan fingerprint density at radius 2 is 2.03 bits per heavy atom. The zero-order valence-corrected chi connectivity index (χ0v) is 17.4. The molecule has 2 N–H and O–H groups in total. The summed E-state index contributed by atoms with van der Waals surface area (Å²) < 4.78 is 11.7. The molecule has 0 bridgehead atoms. The Morgan fingerprint density at radius 3 is 2.67 bits per heavy atom. The summed E-state index contributed by atoms with van der Waals surface area (Å²) in [5, 5.41) is 9.76. The number of hydrogen-bond acceptors (Lipinski definition) is 7. The van der Waals surface area contributed by atoms with Crippen molar-refractivity contribution in [3.05, 3.63) is 35.4 Å². The molecule has 0 spiro atoms. The summed E-state index contributed by atoms with van der Waals surface area (Å²) in [6.45, 7) is 5.32. The lowest BCUT2D eigenvalue weighted by Gasteiger charge is -2.31. The molecule has 0 aromatic carbocycles. The Labute approximate surface area is 174 Å². The number of hydrogen-bond donors (Lipinski definition) is 2. The van der Waals surface area contributed by atoms with Gasteiger partial charge in [-0.3, -0.25) is 19.2 Å². The number of esters is 1. The number of carbonyl (C=O) groups is 3. The van der Waals surface area contributed by atoms with Crippen molar-refractivity contribution in [1.82, 2.24) is 20.0 Å². The number of aromatic nitrogens is 2. The second-order valence-electron chi connectivity index (χ2n) is 7.26. The molecule has 2 aromatic rings. The van der Waals surface area contributed by atoms with E-state index in [0.717, 1.165) is 18.4 Å². The second-order valence-corrected chi connectivity index (χ2v) is 7.26. The molecule has 10 heteroatoms. The average Bonchev–Trinajstić information content (AvgIpc) is 3.29. The molecule has 2 amide bonds. The van der Waals surface area contributed by atoms with Gasteiger partial charge in [0.05, 0.1) is 25.6 Å². The molecule has 0 aliphatic carbocycles. The molecule has 10 nitrogen and oxygen atoms in total. The number of piperidine rings is 1. The van der Waals surface area contributed by atoms with E-state index in [9.17, 15) is 14.4 Å². The Hall–Kier alpha value is -3.14. The number of likely N-dealkylation sites (tertiary alicyclic amines) is 1. The van der Waals surface area contributed by atoms with Gasteiger partial charge in [-0.05, 0) is 32.8 Å². The van der Waals surface area contributed by atoms with E-state index < -0.39 is 5.97 Å². The molecule has 1 fully saturated rings. The molecular formula is C20H27N5O5. The van der Waals surface area contributed by atoms with Gasteiger partial charge in [0.1, 0.15) is 11.4 Å². The summed E-state index contributed by atoms with van der Waals surface area (Å²) >= 11 is 0. The molecule has 2 aromatic heterocycles. The van der Waals surface area contributed by atoms with Crippen LogP contribution in [0.5, 0.6) is 0 Å². The van der Waals surface area contributed by atoms with E-state index in [1.54, 1.807) is 20.0 Å². The quantitative estimate of drug-likeness (QED) is 0.653. The summed E-state index contributed by atoms with van der Waals surface area (Å²) in [5.74, 6) is -0.321. The van der Waals surface area contributed by atoms with Gasteiger partial charge in [-0.2, -0.15) is 5.10 Å². The zero-order chi connectivity index (χ0) is 21.7. The van der Waals surface area contributed by atoms with Crippen LogP contribution in [-0.4, -0.2) is 64.7 Å². The van der Waals surface area contributed by atoms with Gasteiger partial charge in [0.15, 0.2) is 5.76 Å². The van der Waals surface area contributed by atoms with Crippen molar-refractivity contribution in [2.24, 2.45) is 7.05 Å². The molecule has 1 aliphatic rings. The van der Waals surface area contributed by atoms with E-state index in [0.29, 0.717) is 24.7 Å². The number of aryl methyl sites for hydroxylation is 2. The third-order valence-electron chi connectivity index (χ3n) is 5.05. The molecule has 1 aliphatic heterocycles. The monoisotopic (exact) mass is 417 g/mol. The lowest BCUT2D eigenvalue weighted by molar-refractivity contribution is -0.117. The number of nitrogens with zero attached hydrogens (tertiary/aromatic N) is 3. The van der Waals surface area contributed by atoms with Crippen LogP contribution in [0.4, 0.5) is 5.82 Å². The SMILES string of the molecule is CCOC(=O)c1cnn(C)c1NC(=O)CN1CCC(NC(=O)c2occc2C)CC1. The Morgan fingerprint density at radius 1 is 1.30 bits per heavy atom. The molecule has 1 saturated heterocycles. The van der Waals surface area contributed by atoms with Crippen molar-refractivity contribution in [3.8, 4) is 0 Å². The van der Waals surface area contributed by atoms with Crippen LogP contribution in [0.3, 0.4) is 0 Å². The van der Waals surface area contributed by atoms with Crippen molar-refractivity contribution in [1.29, 1.82) is 0 Å². The van der Waals surface area contributed by atoms with Crippen LogP contribution in [0.2, 0.25) is 0 Å². The molecule has 0 saturated carbocycles. The van der Waals surface area contributed by atoms with E-state index in [1.165, 1.54) is 17.1 Å². The minimum atomic E-state index is -0.524. The lowest BCUT2D eigenvalue weighted by atomic mass is 10.0. The van der Waals surface area contributed by atoms with Crippen LogP contribution in [0.1, 0.15) is 46.2 Å². The highest BCUT2D eigenvalue weighted by atomic mass is 16.5. The normalized spacial score (nSPS) is 15.0. The predicted octanol–water partition coefficient (Wildman–Crippen LogP) is 1.33. The van der Waals surface area contributed by atoms with Crippen LogP contribution >= 0.6 is 0 Å². The highest BCUT2D eigenvalue weighted by molar-refractivity contribution is 6.00. The zero-order valence-electron chi connectivity index (χ0n) is 17.4. The third kappa shape index (κ3) is 5.07. The maximum atomic E-state index is 12.5. The van der Waals surface area contributed by atoms with Gasteiger partial charge < -0.3 is 19.8 Å². The van der Waals surface area contributed by atoms with Gasteiger partial charge in [0.25, 0.3) is 5.91 Å². The molecular weight excluding hydrogens is 390 g/mol. The molecule has 3 rings (SSSR count). The summed E-state index contributed by atoms with van der Waals surface area (Å²) in [7, 11) is 1.65. The third-order valence-corrected chi connectivity index (χ3v) is 5.05. The summed E-state index contributed by atoms with van der Waals surface area (Å²) in [5.41, 5.74) is 1.03. The van der Waals surface area contributed by atoms with E-state index in [2.05, 4.69) is 15.7 Å². The number of amides is 2. The van der Waals surface area contributed by atoms with Gasteiger partial charge in [-0.15, -0.1) is 0 Å². The molecule has 3 heterocycles. The molecule has 0 radical (unpaired) electrons. The highest BCUT2D eigenvalue weighted by Gasteiger charge is 2.25. The first kappa shape index (κ1) is 21.6. The van der Waals surface area contributed by atoms with Crippen molar-refractivity contribution in [2.45, 2.75) is 32.7 Å². The number of ether oxygens (including phenoxy) is 1. The van der Waals surface area contributed by atoms with E-state index >= 15 is 0 Å². The first-order chi connectivity index (χ1) is 14.4. The van der Waals surface area contributed by atoms with Crippen molar-refractivity contribution < 1.29 is 23.5 Å². The smallest absolute Gasteiger partial charge is 0.343 e. The van der Waals surface area contributed by atoms with Crippen LogP contribution in [-0.2, 0) is 16.6 Å². The first-order valence-corrected chi connectivity index (χ1v) is 9.95. The minimum Gasteiger partial charge on any atom is -0.462 e. The topological polar surface area (TPSA) is 119 Å². The standard InChI is InChI=1S/C20H27N5O5/c1-4-29-20(28)15-11-21-24(3)18(15)23-16(26)12-25-8-5-14(6-9-25)22-19(27)17-13(2)7-10-30-17/h7,10-11,14H,4-6,8-9,12H2,1-3H3,(H,22,27)(H,23,26). The predicted molar refractivity (Wildman–Crippen MR) is 108 cm³/mol. The lowest BCUT2D eigenvalue weighted by Crippen LogP contribution is -2.46. The van der Waals surface area contributed by atoms with Crippen molar-refractivity contribution >= 4 is 23.6 Å². The average molecular weight is 417 g/mol. The first-order valence-electron chi connectivity index (χ1n) is 9.95. The summed E-state index contributed by atoms with van der Waals surface area (Å²) in [6, 6.07) is 1.79. The van der Waals surface area contributed by atoms with Crippen LogP contribution in [0.15, 0.2) is 22.9 Å². The van der Waals surface area contributed by atoms with E-state index in [4.69, 9.17) is 9.15 Å². The van der Waals surface area contributed by atoms with Gasteiger partial charge in [-0.25, -0.2) is 4.79 Å². The number of carbonyl (C=O) groups excluding carboxylic acids is 3. The molecule has 30 heavy (non-hydrogen) atoms. The van der Waals surface area contributed by atoms with Gasteiger partial charge in [-0.1, -0.05) is 0 Å².